The largest absolute Gasteiger partial charge is 0.374 e. The van der Waals surface area contributed by atoms with E-state index in [1.165, 1.54) is 11.3 Å². The Morgan fingerprint density at radius 2 is 2.21 bits per heavy atom. The number of nitrogens with one attached hydrogen (secondary N) is 1. The molecule has 78 valence electrons. The Balaban J connectivity index is 2.22. The predicted molar refractivity (Wildman–Crippen MR) is 61.0 cm³/mol. The highest BCUT2D eigenvalue weighted by atomic mass is 79.9. The Labute approximate surface area is 93.2 Å². The van der Waals surface area contributed by atoms with Crippen LogP contribution in [0.3, 0.4) is 0 Å². The molecule has 3 unspecified atom stereocenters. The maximum Gasteiger partial charge on any atom is 0.124 e. The van der Waals surface area contributed by atoms with Crippen LogP contribution in [0.5, 0.6) is 0 Å². The molecule has 0 aromatic heterocycles. The Morgan fingerprint density at radius 1 is 1.43 bits per heavy atom. The number of rotatable bonds is 0. The molecule has 3 atom stereocenters. The molecule has 3 heteroatoms. The molecule has 0 aromatic rings. The van der Waals surface area contributed by atoms with Crippen LogP contribution in [0.15, 0.2) is 23.4 Å². The van der Waals surface area contributed by atoms with Crippen LogP contribution in [0.4, 0.5) is 0 Å². The molecule has 0 bridgehead atoms. The molecule has 0 aromatic carbocycles. The highest BCUT2D eigenvalue weighted by molar-refractivity contribution is 9.09. The molecule has 2 N–H and O–H groups in total. The van der Waals surface area contributed by atoms with E-state index in [4.69, 9.17) is 0 Å². The van der Waals surface area contributed by atoms with Gasteiger partial charge in [0.05, 0.1) is 0 Å². The summed E-state index contributed by atoms with van der Waals surface area (Å²) in [6.45, 7) is 2.15. The molecule has 1 fully saturated rings. The van der Waals surface area contributed by atoms with Crippen LogP contribution in [0.1, 0.15) is 26.2 Å². The van der Waals surface area contributed by atoms with Gasteiger partial charge in [-0.25, -0.2) is 0 Å². The van der Waals surface area contributed by atoms with E-state index < -0.39 is 0 Å². The average molecular weight is 258 g/mol. The summed E-state index contributed by atoms with van der Waals surface area (Å²) in [4.78, 5) is 0.431. The van der Waals surface area contributed by atoms with Gasteiger partial charge >= 0.3 is 0 Å². The molecule has 1 saturated heterocycles. The summed E-state index contributed by atoms with van der Waals surface area (Å²) in [5.74, 6) is 0.511. The average Bonchev–Trinajstić information content (AvgIpc) is 2.34. The van der Waals surface area contributed by atoms with E-state index in [1.54, 1.807) is 0 Å². The molecule has 2 nitrogen and oxygen atoms in total. The maximum absolute atomic E-state index is 9.59. The van der Waals surface area contributed by atoms with Crippen LogP contribution in [0, 0.1) is 5.92 Å². The summed E-state index contributed by atoms with van der Waals surface area (Å²) in [7, 11) is 0. The van der Waals surface area contributed by atoms with Crippen molar-refractivity contribution in [1.82, 2.24) is 5.32 Å². The molecule has 0 radical (unpaired) electrons. The van der Waals surface area contributed by atoms with Crippen molar-refractivity contribution in [3.05, 3.63) is 23.4 Å². The summed E-state index contributed by atoms with van der Waals surface area (Å²) < 4.78 is 0. The van der Waals surface area contributed by atoms with Gasteiger partial charge in [-0.15, -0.1) is 0 Å². The number of hydrogen-bond donors (Lipinski definition) is 2. The van der Waals surface area contributed by atoms with Crippen molar-refractivity contribution in [2.75, 3.05) is 0 Å². The molecular formula is C11H16BrNO. The normalized spacial score (nSPS) is 37.5. The van der Waals surface area contributed by atoms with Crippen molar-refractivity contribution < 1.29 is 5.11 Å². The second-order valence-electron chi connectivity index (χ2n) is 4.13. The van der Waals surface area contributed by atoms with Crippen molar-refractivity contribution in [2.45, 2.75) is 37.2 Å². The maximum atomic E-state index is 9.59. The van der Waals surface area contributed by atoms with Crippen LogP contribution < -0.4 is 5.32 Å². The number of hydrogen-bond acceptors (Lipinski definition) is 2. The Morgan fingerprint density at radius 3 is 3.00 bits per heavy atom. The lowest BCUT2D eigenvalue weighted by Crippen LogP contribution is -2.32. The van der Waals surface area contributed by atoms with Crippen LogP contribution in [-0.4, -0.2) is 16.2 Å². The molecule has 1 heterocycles. The van der Waals surface area contributed by atoms with Gasteiger partial charge in [-0.1, -0.05) is 27.6 Å². The molecule has 14 heavy (non-hydrogen) atoms. The van der Waals surface area contributed by atoms with E-state index in [2.05, 4.69) is 40.3 Å². The number of aliphatic hydroxyl groups is 1. The summed E-state index contributed by atoms with van der Waals surface area (Å²) in [6, 6.07) is 0. The number of allylic oxidation sites excluding steroid dienone is 4. The summed E-state index contributed by atoms with van der Waals surface area (Å²) in [6.07, 6.45) is 6.95. The minimum absolute atomic E-state index is 0.363. The van der Waals surface area contributed by atoms with Crippen molar-refractivity contribution in [3.8, 4) is 0 Å². The first-order chi connectivity index (χ1) is 6.68. The van der Waals surface area contributed by atoms with E-state index in [0.29, 0.717) is 10.7 Å². The van der Waals surface area contributed by atoms with Crippen LogP contribution in [-0.2, 0) is 0 Å². The van der Waals surface area contributed by atoms with Gasteiger partial charge in [0, 0.05) is 16.4 Å². The molecule has 1 aliphatic carbocycles. The van der Waals surface area contributed by atoms with E-state index in [1.807, 2.05) is 0 Å². The lowest BCUT2D eigenvalue weighted by molar-refractivity contribution is 0.141. The van der Waals surface area contributed by atoms with E-state index in [0.717, 1.165) is 19.3 Å². The van der Waals surface area contributed by atoms with Gasteiger partial charge in [-0.3, -0.25) is 0 Å². The number of aliphatic hydroxyl groups excluding tert-OH is 1. The zero-order valence-corrected chi connectivity index (χ0v) is 9.92. The zero-order chi connectivity index (χ0) is 10.1. The zero-order valence-electron chi connectivity index (χ0n) is 8.33. The number of alkyl halides is 1. The fourth-order valence-corrected chi connectivity index (χ4v) is 2.87. The third-order valence-electron chi connectivity index (χ3n) is 3.04. The Bertz CT molecular complexity index is 285. The second-order valence-corrected chi connectivity index (χ2v) is 5.12. The first-order valence-electron chi connectivity index (χ1n) is 5.15. The third-order valence-corrected chi connectivity index (χ3v) is 4.40. The topological polar surface area (TPSA) is 32.3 Å². The minimum Gasteiger partial charge on any atom is -0.374 e. The molecule has 1 aliphatic heterocycles. The van der Waals surface area contributed by atoms with Gasteiger partial charge in [0.2, 0.25) is 0 Å². The van der Waals surface area contributed by atoms with Gasteiger partial charge in [0.1, 0.15) is 6.23 Å². The Kier molecular flexibility index (Phi) is 2.98. The SMILES string of the molecule is CC1=CC=C2NC(O)CCCC2C1Br. The summed E-state index contributed by atoms with van der Waals surface area (Å²) in [5.41, 5.74) is 2.56. The highest BCUT2D eigenvalue weighted by Gasteiger charge is 2.29. The number of fused-ring (bicyclic) bond motifs is 1. The fraction of sp³-hybridized carbons (Fsp3) is 0.636. The van der Waals surface area contributed by atoms with Crippen molar-refractivity contribution in [1.29, 1.82) is 0 Å². The van der Waals surface area contributed by atoms with Crippen molar-refractivity contribution in [2.24, 2.45) is 5.92 Å². The smallest absolute Gasteiger partial charge is 0.124 e. The molecule has 2 aliphatic rings. The molecule has 0 saturated carbocycles. The van der Waals surface area contributed by atoms with E-state index in [9.17, 15) is 5.11 Å². The first-order valence-corrected chi connectivity index (χ1v) is 6.07. The van der Waals surface area contributed by atoms with Gasteiger partial charge in [0.25, 0.3) is 0 Å². The molecule has 0 amide bonds. The standard InChI is InChI=1S/C11H16BrNO/c1-7-5-6-9-8(11(7)12)3-2-4-10(14)13-9/h5-6,8,10-11,13-14H,2-4H2,1H3. The third kappa shape index (κ3) is 1.89. The molecule has 2 rings (SSSR count). The van der Waals surface area contributed by atoms with Crippen molar-refractivity contribution in [3.63, 3.8) is 0 Å². The molecule has 0 spiro atoms. The van der Waals surface area contributed by atoms with Crippen LogP contribution >= 0.6 is 15.9 Å². The minimum atomic E-state index is -0.363. The van der Waals surface area contributed by atoms with Crippen LogP contribution in [0.25, 0.3) is 0 Å². The van der Waals surface area contributed by atoms with E-state index in [-0.39, 0.29) is 6.23 Å². The lowest BCUT2D eigenvalue weighted by atomic mass is 9.89. The highest BCUT2D eigenvalue weighted by Crippen LogP contribution is 2.35. The fourth-order valence-electron chi connectivity index (χ4n) is 2.16. The monoisotopic (exact) mass is 257 g/mol. The number of halogens is 1. The van der Waals surface area contributed by atoms with Gasteiger partial charge in [0.15, 0.2) is 0 Å². The summed E-state index contributed by atoms with van der Waals surface area (Å²) in [5, 5.41) is 12.8. The van der Waals surface area contributed by atoms with Gasteiger partial charge in [-0.05, 0) is 32.3 Å². The quantitative estimate of drug-likeness (QED) is 0.653. The van der Waals surface area contributed by atoms with Crippen LogP contribution in [0.2, 0.25) is 0 Å². The summed E-state index contributed by atoms with van der Waals surface area (Å²) >= 11 is 3.72. The predicted octanol–water partition coefficient (Wildman–Crippen LogP) is 2.30. The lowest BCUT2D eigenvalue weighted by Gasteiger charge is -2.28. The van der Waals surface area contributed by atoms with Crippen molar-refractivity contribution >= 4 is 15.9 Å². The molecular weight excluding hydrogens is 242 g/mol. The van der Waals surface area contributed by atoms with Gasteiger partial charge < -0.3 is 10.4 Å². The Hall–Kier alpha value is -0.280. The second kappa shape index (κ2) is 4.07. The van der Waals surface area contributed by atoms with E-state index >= 15 is 0 Å². The van der Waals surface area contributed by atoms with Gasteiger partial charge in [-0.2, -0.15) is 0 Å². The first kappa shape index (κ1) is 10.2.